The average molecular weight is 263 g/mol. The number of carbonyl (C=O) groups excluding carboxylic acids is 1. The summed E-state index contributed by atoms with van der Waals surface area (Å²) in [5.41, 5.74) is 3.10. The van der Waals surface area contributed by atoms with Gasteiger partial charge in [0.05, 0.1) is 0 Å². The maximum absolute atomic E-state index is 12.5. The van der Waals surface area contributed by atoms with Crippen molar-refractivity contribution < 1.29 is 4.79 Å². The molecule has 1 amide bonds. The van der Waals surface area contributed by atoms with Crippen LogP contribution in [0, 0.1) is 0 Å². The highest BCUT2D eigenvalue weighted by molar-refractivity contribution is 5.95. The van der Waals surface area contributed by atoms with Crippen molar-refractivity contribution in [1.29, 1.82) is 0 Å². The van der Waals surface area contributed by atoms with E-state index in [2.05, 4.69) is 15.3 Å². The molecule has 1 aliphatic rings. The minimum absolute atomic E-state index is 0.0586. The summed E-state index contributed by atoms with van der Waals surface area (Å²) in [4.78, 5) is 20.6. The van der Waals surface area contributed by atoms with Gasteiger partial charge < -0.3 is 15.2 Å². The maximum atomic E-state index is 12.5. The minimum Gasteiger partial charge on any atom is -0.334 e. The lowest BCUT2D eigenvalue weighted by Crippen LogP contribution is -2.41. The zero-order valence-electron chi connectivity index (χ0n) is 11.5. The van der Waals surface area contributed by atoms with Crippen molar-refractivity contribution in [3.05, 3.63) is 23.9 Å². The molecule has 1 aromatic rings. The number of hydrogen-bond acceptors (Lipinski definition) is 5. The van der Waals surface area contributed by atoms with E-state index in [1.54, 1.807) is 18.3 Å². The molecule has 104 valence electrons. The smallest absolute Gasteiger partial charge is 0.254 e. The molecule has 2 rings (SSSR count). The van der Waals surface area contributed by atoms with E-state index < -0.39 is 0 Å². The Hall–Kier alpha value is -1.66. The monoisotopic (exact) mass is 263 g/mol. The summed E-state index contributed by atoms with van der Waals surface area (Å²) in [5, 5.41) is 0. The second kappa shape index (κ2) is 5.99. The summed E-state index contributed by atoms with van der Waals surface area (Å²) in [5.74, 6) is 5.89. The van der Waals surface area contributed by atoms with Crippen molar-refractivity contribution in [3.8, 4) is 0 Å². The summed E-state index contributed by atoms with van der Waals surface area (Å²) >= 11 is 0. The molecule has 0 saturated carbocycles. The van der Waals surface area contributed by atoms with Crippen molar-refractivity contribution in [2.75, 3.05) is 32.6 Å². The second-order valence-electron chi connectivity index (χ2n) is 5.13. The van der Waals surface area contributed by atoms with Gasteiger partial charge in [-0.1, -0.05) is 0 Å². The number of hydrogen-bond donors (Lipinski definition) is 2. The summed E-state index contributed by atoms with van der Waals surface area (Å²) in [6.45, 7) is 1.73. The van der Waals surface area contributed by atoms with E-state index in [9.17, 15) is 4.79 Å². The Kier molecular flexibility index (Phi) is 4.34. The van der Waals surface area contributed by atoms with E-state index in [0.717, 1.165) is 25.9 Å². The molecule has 1 aliphatic heterocycles. The number of nitrogens with one attached hydrogen (secondary N) is 1. The highest BCUT2D eigenvalue weighted by atomic mass is 16.2. The third-order valence-electron chi connectivity index (χ3n) is 3.37. The topological polar surface area (TPSA) is 74.5 Å². The van der Waals surface area contributed by atoms with Gasteiger partial charge in [-0.25, -0.2) is 10.8 Å². The van der Waals surface area contributed by atoms with Gasteiger partial charge in [0, 0.05) is 30.9 Å². The molecule has 0 bridgehead atoms. The van der Waals surface area contributed by atoms with E-state index >= 15 is 0 Å². The van der Waals surface area contributed by atoms with Gasteiger partial charge in [0.15, 0.2) is 0 Å². The molecule has 3 N–H and O–H groups in total. The summed E-state index contributed by atoms with van der Waals surface area (Å²) in [6, 6.07) is 3.71. The van der Waals surface area contributed by atoms with Gasteiger partial charge in [0.25, 0.3) is 5.91 Å². The van der Waals surface area contributed by atoms with Crippen molar-refractivity contribution in [3.63, 3.8) is 0 Å². The van der Waals surface area contributed by atoms with Crippen LogP contribution in [0.2, 0.25) is 0 Å². The van der Waals surface area contributed by atoms with Gasteiger partial charge in [-0.3, -0.25) is 4.79 Å². The highest BCUT2D eigenvalue weighted by Gasteiger charge is 2.29. The first-order valence-corrected chi connectivity index (χ1v) is 6.50. The van der Waals surface area contributed by atoms with Gasteiger partial charge in [-0.15, -0.1) is 0 Å². The Labute approximate surface area is 113 Å². The molecule has 1 fully saturated rings. The van der Waals surface area contributed by atoms with Crippen LogP contribution in [0.5, 0.6) is 0 Å². The molecular weight excluding hydrogens is 242 g/mol. The molecule has 1 saturated heterocycles. The number of aromatic nitrogens is 1. The number of pyridine rings is 1. The molecule has 0 spiro atoms. The zero-order chi connectivity index (χ0) is 13.8. The van der Waals surface area contributed by atoms with Crippen molar-refractivity contribution in [1.82, 2.24) is 14.8 Å². The number of likely N-dealkylation sites (N-methyl/N-ethyl adjacent to an activating group) is 1. The van der Waals surface area contributed by atoms with Gasteiger partial charge in [0.1, 0.15) is 5.82 Å². The predicted octanol–water partition coefficient (Wildman–Crippen LogP) is 0.533. The number of rotatable bonds is 4. The van der Waals surface area contributed by atoms with Crippen LogP contribution in [-0.4, -0.2) is 53.9 Å². The van der Waals surface area contributed by atoms with Crippen LogP contribution < -0.4 is 11.3 Å². The molecule has 1 atom stereocenters. The lowest BCUT2D eigenvalue weighted by molar-refractivity contribution is 0.0716. The first kappa shape index (κ1) is 13.8. The Balaban J connectivity index is 2.13. The van der Waals surface area contributed by atoms with Crippen molar-refractivity contribution in [2.45, 2.75) is 18.9 Å². The number of nitrogens with zero attached hydrogens (tertiary/aromatic N) is 3. The fourth-order valence-electron chi connectivity index (χ4n) is 2.52. The zero-order valence-corrected chi connectivity index (χ0v) is 11.5. The maximum Gasteiger partial charge on any atom is 0.254 e. The van der Waals surface area contributed by atoms with Gasteiger partial charge in [-0.2, -0.15) is 0 Å². The number of amides is 1. The van der Waals surface area contributed by atoms with Crippen LogP contribution in [-0.2, 0) is 0 Å². The molecule has 6 heteroatoms. The van der Waals surface area contributed by atoms with Crippen molar-refractivity contribution >= 4 is 11.7 Å². The molecule has 1 unspecified atom stereocenters. The molecule has 19 heavy (non-hydrogen) atoms. The van der Waals surface area contributed by atoms with E-state index in [1.165, 1.54) is 0 Å². The third-order valence-corrected chi connectivity index (χ3v) is 3.37. The van der Waals surface area contributed by atoms with E-state index in [-0.39, 0.29) is 5.91 Å². The fraction of sp³-hybridized carbons (Fsp3) is 0.538. The normalized spacial score (nSPS) is 18.9. The van der Waals surface area contributed by atoms with E-state index in [1.807, 2.05) is 19.0 Å². The molecule has 1 aromatic heterocycles. The Morgan fingerprint density at radius 1 is 1.63 bits per heavy atom. The molecular formula is C13H21N5O. The van der Waals surface area contributed by atoms with E-state index in [4.69, 9.17) is 5.84 Å². The molecule has 2 heterocycles. The quantitative estimate of drug-likeness (QED) is 0.612. The number of hydrazine groups is 1. The van der Waals surface area contributed by atoms with Crippen LogP contribution in [0.15, 0.2) is 18.3 Å². The molecule has 0 aromatic carbocycles. The molecule has 0 radical (unpaired) electrons. The Morgan fingerprint density at radius 3 is 3.11 bits per heavy atom. The van der Waals surface area contributed by atoms with Gasteiger partial charge in [0.2, 0.25) is 0 Å². The number of anilines is 1. The number of carbonyl (C=O) groups is 1. The SMILES string of the molecule is CN(C)CC1CCCN1C(=O)c1ccnc(NN)c1. The molecule has 6 nitrogen and oxygen atoms in total. The van der Waals surface area contributed by atoms with Crippen LogP contribution >= 0.6 is 0 Å². The van der Waals surface area contributed by atoms with Crippen LogP contribution in [0.1, 0.15) is 23.2 Å². The predicted molar refractivity (Wildman–Crippen MR) is 74.7 cm³/mol. The highest BCUT2D eigenvalue weighted by Crippen LogP contribution is 2.21. The van der Waals surface area contributed by atoms with Gasteiger partial charge >= 0.3 is 0 Å². The first-order valence-electron chi connectivity index (χ1n) is 6.50. The average Bonchev–Trinajstić information content (AvgIpc) is 2.85. The van der Waals surface area contributed by atoms with Crippen LogP contribution in [0.3, 0.4) is 0 Å². The first-order chi connectivity index (χ1) is 9.11. The Bertz CT molecular complexity index is 448. The minimum atomic E-state index is 0.0586. The lowest BCUT2D eigenvalue weighted by atomic mass is 10.2. The number of nitrogen functional groups attached to an aromatic ring is 1. The second-order valence-corrected chi connectivity index (χ2v) is 5.13. The van der Waals surface area contributed by atoms with Gasteiger partial charge in [-0.05, 0) is 39.1 Å². The molecule has 0 aliphatic carbocycles. The fourth-order valence-corrected chi connectivity index (χ4v) is 2.52. The lowest BCUT2D eigenvalue weighted by Gasteiger charge is -2.27. The summed E-state index contributed by atoms with van der Waals surface area (Å²) < 4.78 is 0. The van der Waals surface area contributed by atoms with Crippen LogP contribution in [0.25, 0.3) is 0 Å². The summed E-state index contributed by atoms with van der Waals surface area (Å²) in [6.07, 6.45) is 3.73. The van der Waals surface area contributed by atoms with Crippen LogP contribution in [0.4, 0.5) is 5.82 Å². The summed E-state index contributed by atoms with van der Waals surface area (Å²) in [7, 11) is 4.06. The van der Waals surface area contributed by atoms with E-state index in [0.29, 0.717) is 17.4 Å². The largest absolute Gasteiger partial charge is 0.334 e. The Morgan fingerprint density at radius 2 is 2.42 bits per heavy atom. The number of likely N-dealkylation sites (tertiary alicyclic amines) is 1. The van der Waals surface area contributed by atoms with Crippen molar-refractivity contribution in [2.24, 2.45) is 5.84 Å². The third kappa shape index (κ3) is 3.21. The number of nitrogens with two attached hydrogens (primary N) is 1. The standard InChI is InChI=1S/C13H21N5O/c1-17(2)9-11-4-3-7-18(11)13(19)10-5-6-15-12(8-10)16-14/h5-6,8,11H,3-4,7,9,14H2,1-2H3,(H,15,16).